The van der Waals surface area contributed by atoms with Gasteiger partial charge in [-0.2, -0.15) is 5.10 Å². The zero-order chi connectivity index (χ0) is 14.0. The second-order valence-electron chi connectivity index (χ2n) is 3.45. The fraction of sp³-hybridized carbons (Fsp3) is 0. The molecule has 0 aliphatic carbocycles. The Bertz CT molecular complexity index is 714. The minimum absolute atomic E-state index is 0.161. The highest BCUT2D eigenvalue weighted by Gasteiger charge is 2.21. The van der Waals surface area contributed by atoms with Crippen molar-refractivity contribution in [3.8, 4) is 0 Å². The van der Waals surface area contributed by atoms with Gasteiger partial charge in [0, 0.05) is 18.2 Å². The van der Waals surface area contributed by atoms with Crippen molar-refractivity contribution in [2.24, 2.45) is 0 Å². The third-order valence-corrected chi connectivity index (χ3v) is 4.01. The van der Waals surface area contributed by atoms with Crippen molar-refractivity contribution >= 4 is 33.1 Å². The minimum atomic E-state index is -3.93. The summed E-state index contributed by atoms with van der Waals surface area (Å²) in [5, 5.41) is 16.3. The predicted octanol–water partition coefficient (Wildman–Crippen LogP) is 1.77. The Hall–Kier alpha value is -2.13. The molecule has 0 bridgehead atoms. The first-order chi connectivity index (χ1) is 8.90. The number of halogens is 1. The van der Waals surface area contributed by atoms with Gasteiger partial charge in [-0.15, -0.1) is 0 Å². The van der Waals surface area contributed by atoms with Crippen LogP contribution in [0.5, 0.6) is 0 Å². The summed E-state index contributed by atoms with van der Waals surface area (Å²) in [5.41, 5.74) is -0.287. The summed E-state index contributed by atoms with van der Waals surface area (Å²) in [6.07, 6.45) is 1.37. The van der Waals surface area contributed by atoms with E-state index in [0.29, 0.717) is 0 Å². The number of benzene rings is 1. The van der Waals surface area contributed by atoms with Crippen molar-refractivity contribution in [3.05, 3.63) is 45.6 Å². The second-order valence-corrected chi connectivity index (χ2v) is 5.51. The number of hydrogen-bond donors (Lipinski definition) is 2. The van der Waals surface area contributed by atoms with Gasteiger partial charge in [0.15, 0.2) is 0 Å². The molecule has 2 aromatic rings. The summed E-state index contributed by atoms with van der Waals surface area (Å²) < 4.78 is 26.2. The first-order valence-electron chi connectivity index (χ1n) is 4.86. The lowest BCUT2D eigenvalue weighted by atomic mass is 10.3. The number of aromatic nitrogens is 2. The largest absolute Gasteiger partial charge is 0.271 e. The van der Waals surface area contributed by atoms with Crippen LogP contribution in [0.3, 0.4) is 0 Å². The van der Waals surface area contributed by atoms with Gasteiger partial charge in [-0.05, 0) is 6.07 Å². The van der Waals surface area contributed by atoms with E-state index in [2.05, 4.69) is 14.9 Å². The number of nitrogens with one attached hydrogen (secondary N) is 2. The van der Waals surface area contributed by atoms with Crippen molar-refractivity contribution in [1.29, 1.82) is 0 Å². The Balaban J connectivity index is 2.38. The highest BCUT2D eigenvalue weighted by atomic mass is 35.5. The van der Waals surface area contributed by atoms with Gasteiger partial charge in [-0.25, -0.2) is 8.42 Å². The average Bonchev–Trinajstić information content (AvgIpc) is 2.80. The number of aromatic amines is 1. The van der Waals surface area contributed by atoms with E-state index in [0.717, 1.165) is 18.2 Å². The number of non-ortho nitro benzene ring substituents is 1. The molecule has 10 heteroatoms. The van der Waals surface area contributed by atoms with E-state index in [1.807, 2.05) is 0 Å². The first-order valence-corrected chi connectivity index (χ1v) is 6.72. The Kier molecular flexibility index (Phi) is 3.40. The molecule has 0 radical (unpaired) electrons. The number of rotatable bonds is 4. The van der Waals surface area contributed by atoms with E-state index in [-0.39, 0.29) is 21.4 Å². The average molecular weight is 303 g/mol. The van der Waals surface area contributed by atoms with E-state index in [4.69, 9.17) is 11.6 Å². The molecule has 100 valence electrons. The second kappa shape index (κ2) is 4.86. The fourth-order valence-corrected chi connectivity index (χ4v) is 2.89. The van der Waals surface area contributed by atoms with Crippen LogP contribution in [0.15, 0.2) is 35.4 Å². The molecule has 2 rings (SSSR count). The van der Waals surface area contributed by atoms with Gasteiger partial charge in [0.05, 0.1) is 16.1 Å². The van der Waals surface area contributed by atoms with Crippen LogP contribution in [0, 0.1) is 10.1 Å². The summed E-state index contributed by atoms with van der Waals surface area (Å²) >= 11 is 5.75. The lowest BCUT2D eigenvalue weighted by Crippen LogP contribution is -2.13. The molecule has 8 nitrogen and oxygen atoms in total. The Morgan fingerprint density at radius 1 is 1.37 bits per heavy atom. The molecule has 2 N–H and O–H groups in total. The van der Waals surface area contributed by atoms with Gasteiger partial charge in [0.2, 0.25) is 0 Å². The predicted molar refractivity (Wildman–Crippen MR) is 67.5 cm³/mol. The van der Waals surface area contributed by atoms with E-state index >= 15 is 0 Å². The molecule has 1 heterocycles. The topological polar surface area (TPSA) is 118 Å². The molecule has 0 spiro atoms. The maximum Gasteiger partial charge on any atom is 0.271 e. The molecular formula is C9H7ClN4O4S. The highest BCUT2D eigenvalue weighted by Crippen LogP contribution is 2.27. The van der Waals surface area contributed by atoms with Gasteiger partial charge in [0.25, 0.3) is 15.7 Å². The van der Waals surface area contributed by atoms with E-state index in [9.17, 15) is 18.5 Å². The monoisotopic (exact) mass is 302 g/mol. The number of nitro groups is 1. The molecule has 0 amide bonds. The molecule has 19 heavy (non-hydrogen) atoms. The standard InChI is InChI=1S/C9H7ClN4O4S/c10-7-5-6(14(15)16)1-2-8(7)19(17,18)13-9-3-4-11-12-9/h1-5H,(H2,11,12,13). The normalized spacial score (nSPS) is 11.2. The lowest BCUT2D eigenvalue weighted by Gasteiger charge is -2.07. The van der Waals surface area contributed by atoms with Crippen LogP contribution in [0.1, 0.15) is 0 Å². The first kappa shape index (κ1) is 13.3. The van der Waals surface area contributed by atoms with Crippen LogP contribution in [-0.2, 0) is 10.0 Å². The van der Waals surface area contributed by atoms with Gasteiger partial charge in [-0.3, -0.25) is 19.9 Å². The maximum absolute atomic E-state index is 12.0. The van der Waals surface area contributed by atoms with Crippen molar-refractivity contribution in [2.45, 2.75) is 4.90 Å². The van der Waals surface area contributed by atoms with Crippen LogP contribution in [0.25, 0.3) is 0 Å². The van der Waals surface area contributed by atoms with Crippen molar-refractivity contribution < 1.29 is 13.3 Å². The highest BCUT2D eigenvalue weighted by molar-refractivity contribution is 7.92. The van der Waals surface area contributed by atoms with Crippen molar-refractivity contribution in [2.75, 3.05) is 4.72 Å². The SMILES string of the molecule is O=[N+]([O-])c1ccc(S(=O)(=O)Nc2ccn[nH]2)c(Cl)c1. The fourth-order valence-electron chi connectivity index (χ4n) is 1.33. The van der Waals surface area contributed by atoms with Gasteiger partial charge in [-0.1, -0.05) is 11.6 Å². The summed E-state index contributed by atoms with van der Waals surface area (Å²) in [6, 6.07) is 4.52. The van der Waals surface area contributed by atoms with Crippen LogP contribution in [0.2, 0.25) is 5.02 Å². The number of nitrogens with zero attached hydrogens (tertiary/aromatic N) is 2. The van der Waals surface area contributed by atoms with Crippen LogP contribution >= 0.6 is 11.6 Å². The number of hydrogen-bond acceptors (Lipinski definition) is 5. The molecular weight excluding hydrogens is 296 g/mol. The number of nitro benzene ring substituents is 1. The number of H-pyrrole nitrogens is 1. The zero-order valence-corrected chi connectivity index (χ0v) is 10.8. The smallest absolute Gasteiger partial charge is 0.264 e. The summed E-state index contributed by atoms with van der Waals surface area (Å²) in [5.74, 6) is 0.161. The van der Waals surface area contributed by atoms with Crippen LogP contribution in [-0.4, -0.2) is 23.5 Å². The van der Waals surface area contributed by atoms with E-state index in [1.54, 1.807) is 0 Å². The molecule has 0 saturated carbocycles. The Morgan fingerprint density at radius 2 is 2.11 bits per heavy atom. The molecule has 0 aliphatic rings. The van der Waals surface area contributed by atoms with Gasteiger partial charge >= 0.3 is 0 Å². The zero-order valence-electron chi connectivity index (χ0n) is 9.20. The van der Waals surface area contributed by atoms with Crippen molar-refractivity contribution in [1.82, 2.24) is 10.2 Å². The molecule has 0 unspecified atom stereocenters. The Morgan fingerprint density at radius 3 is 2.63 bits per heavy atom. The number of sulfonamides is 1. The summed E-state index contributed by atoms with van der Waals surface area (Å²) in [7, 11) is -3.93. The quantitative estimate of drug-likeness (QED) is 0.659. The van der Waals surface area contributed by atoms with Crippen LogP contribution < -0.4 is 4.72 Å². The van der Waals surface area contributed by atoms with Crippen LogP contribution in [0.4, 0.5) is 11.5 Å². The summed E-state index contributed by atoms with van der Waals surface area (Å²) in [4.78, 5) is 9.62. The molecule has 0 fully saturated rings. The molecule has 1 aromatic carbocycles. The molecule has 1 aromatic heterocycles. The van der Waals surface area contributed by atoms with E-state index < -0.39 is 14.9 Å². The lowest BCUT2D eigenvalue weighted by molar-refractivity contribution is -0.384. The minimum Gasteiger partial charge on any atom is -0.264 e. The third-order valence-electron chi connectivity index (χ3n) is 2.16. The van der Waals surface area contributed by atoms with E-state index in [1.165, 1.54) is 12.3 Å². The van der Waals surface area contributed by atoms with Gasteiger partial charge < -0.3 is 0 Å². The molecule has 0 aliphatic heterocycles. The number of anilines is 1. The maximum atomic E-state index is 12.0. The van der Waals surface area contributed by atoms with Gasteiger partial charge in [0.1, 0.15) is 10.7 Å². The Labute approximate surface area is 112 Å². The molecule has 0 atom stereocenters. The van der Waals surface area contributed by atoms with Crippen molar-refractivity contribution in [3.63, 3.8) is 0 Å². The summed E-state index contributed by atoms with van der Waals surface area (Å²) in [6.45, 7) is 0. The third kappa shape index (κ3) is 2.83. The molecule has 0 saturated heterocycles.